The molecule has 2 amide bonds. The van der Waals surface area contributed by atoms with Gasteiger partial charge in [0.2, 0.25) is 0 Å². The van der Waals surface area contributed by atoms with Crippen molar-refractivity contribution in [3.63, 3.8) is 0 Å². The monoisotopic (exact) mass is 390 g/mol. The van der Waals surface area contributed by atoms with E-state index in [1.54, 1.807) is 12.1 Å². The van der Waals surface area contributed by atoms with Crippen molar-refractivity contribution in [1.82, 2.24) is 15.1 Å². The average molecular weight is 391 g/mol. The van der Waals surface area contributed by atoms with Gasteiger partial charge in [-0.2, -0.15) is 5.10 Å². The van der Waals surface area contributed by atoms with Crippen LogP contribution in [0.2, 0.25) is 5.02 Å². The molecule has 0 atom stereocenters. The highest BCUT2D eigenvalue weighted by Gasteiger charge is 2.16. The minimum atomic E-state index is -0.521. The van der Waals surface area contributed by atoms with Gasteiger partial charge in [-0.3, -0.25) is 14.4 Å². The van der Waals surface area contributed by atoms with Gasteiger partial charge in [0.05, 0.1) is 11.3 Å². The van der Waals surface area contributed by atoms with E-state index in [1.807, 2.05) is 13.8 Å². The van der Waals surface area contributed by atoms with E-state index in [9.17, 15) is 14.4 Å². The molecule has 144 valence electrons. The number of carbonyl (C=O) groups excluding carboxylic acids is 2. The van der Waals surface area contributed by atoms with Gasteiger partial charge < -0.3 is 10.6 Å². The number of hydrogen-bond acceptors (Lipinski definition) is 4. The molecule has 0 saturated carbocycles. The second-order valence-electron chi connectivity index (χ2n) is 6.03. The van der Waals surface area contributed by atoms with Crippen molar-refractivity contribution < 1.29 is 9.59 Å². The van der Waals surface area contributed by atoms with Gasteiger partial charge in [0.15, 0.2) is 0 Å². The number of halogens is 1. The van der Waals surface area contributed by atoms with Crippen LogP contribution < -0.4 is 16.2 Å². The average Bonchev–Trinajstić information content (AvgIpc) is 2.65. The lowest BCUT2D eigenvalue weighted by Crippen LogP contribution is -2.28. The summed E-state index contributed by atoms with van der Waals surface area (Å²) < 4.78 is 1.27. The number of carbonyl (C=O) groups is 2. The van der Waals surface area contributed by atoms with Crippen molar-refractivity contribution in [1.29, 1.82) is 0 Å². The van der Waals surface area contributed by atoms with Gasteiger partial charge in [0, 0.05) is 24.2 Å². The number of aryl methyl sites for hydroxylation is 1. The fraction of sp³-hybridized carbons (Fsp3) is 0.368. The van der Waals surface area contributed by atoms with Crippen molar-refractivity contribution >= 4 is 29.1 Å². The Bertz CT molecular complexity index is 879. The molecule has 8 heteroatoms. The van der Waals surface area contributed by atoms with E-state index in [0.717, 1.165) is 19.3 Å². The summed E-state index contributed by atoms with van der Waals surface area (Å²) in [5.74, 6) is -0.822. The number of benzene rings is 1. The number of amides is 2. The zero-order chi connectivity index (χ0) is 19.8. The van der Waals surface area contributed by atoms with E-state index in [0.29, 0.717) is 23.7 Å². The number of hydrogen-bond donors (Lipinski definition) is 2. The molecule has 0 aliphatic carbocycles. The molecule has 2 rings (SSSR count). The maximum absolute atomic E-state index is 12.6. The Morgan fingerprint density at radius 2 is 1.89 bits per heavy atom. The number of nitrogens with one attached hydrogen (secondary N) is 2. The second kappa shape index (κ2) is 9.87. The first-order chi connectivity index (χ1) is 13.0. The molecule has 0 aliphatic heterocycles. The number of rotatable bonds is 8. The highest BCUT2D eigenvalue weighted by Crippen LogP contribution is 2.21. The van der Waals surface area contributed by atoms with Crippen LogP contribution in [0.4, 0.5) is 5.69 Å². The third-order valence-corrected chi connectivity index (χ3v) is 4.07. The molecule has 27 heavy (non-hydrogen) atoms. The van der Waals surface area contributed by atoms with Gasteiger partial charge in [0.1, 0.15) is 5.69 Å². The summed E-state index contributed by atoms with van der Waals surface area (Å²) in [5.41, 5.74) is 0.419. The van der Waals surface area contributed by atoms with Gasteiger partial charge in [-0.1, -0.05) is 31.9 Å². The van der Waals surface area contributed by atoms with Crippen LogP contribution in [0.15, 0.2) is 35.1 Å². The fourth-order valence-electron chi connectivity index (χ4n) is 2.38. The minimum absolute atomic E-state index is 0.0885. The van der Waals surface area contributed by atoms with Crippen LogP contribution in [0.3, 0.4) is 0 Å². The van der Waals surface area contributed by atoms with Crippen molar-refractivity contribution in [3.05, 3.63) is 57.0 Å². The van der Waals surface area contributed by atoms with Crippen LogP contribution in [0.5, 0.6) is 0 Å². The smallest absolute Gasteiger partial charge is 0.276 e. The molecule has 0 radical (unpaired) electrons. The summed E-state index contributed by atoms with van der Waals surface area (Å²) >= 11 is 6.01. The highest BCUT2D eigenvalue weighted by atomic mass is 35.5. The summed E-state index contributed by atoms with van der Waals surface area (Å²) in [5, 5.41) is 9.93. The quantitative estimate of drug-likeness (QED) is 0.724. The molecule has 0 fully saturated rings. The Hall–Kier alpha value is -2.67. The van der Waals surface area contributed by atoms with Gasteiger partial charge in [-0.25, -0.2) is 4.68 Å². The van der Waals surface area contributed by atoms with Gasteiger partial charge in [-0.05, 0) is 37.1 Å². The van der Waals surface area contributed by atoms with E-state index in [1.165, 1.54) is 22.9 Å². The SMILES string of the molecule is CCCCn1nc(C(=O)Nc2cc(Cl)ccc2C(=O)NCCC)ccc1=O. The topological polar surface area (TPSA) is 93.1 Å². The molecule has 0 spiro atoms. The van der Waals surface area contributed by atoms with E-state index >= 15 is 0 Å². The zero-order valence-corrected chi connectivity index (χ0v) is 16.2. The summed E-state index contributed by atoms with van der Waals surface area (Å²) in [7, 11) is 0. The van der Waals surface area contributed by atoms with E-state index in [-0.39, 0.29) is 22.8 Å². The lowest BCUT2D eigenvalue weighted by atomic mass is 10.1. The molecule has 1 aromatic heterocycles. The number of aromatic nitrogens is 2. The summed E-state index contributed by atoms with van der Waals surface area (Å²) in [6.45, 7) is 4.92. The molecule has 0 aliphatic rings. The molecule has 2 aromatic rings. The Morgan fingerprint density at radius 3 is 2.59 bits per heavy atom. The molecule has 1 heterocycles. The van der Waals surface area contributed by atoms with Crippen LogP contribution in [-0.4, -0.2) is 28.1 Å². The standard InChI is InChI=1S/C19H23ClN4O3/c1-3-5-11-24-17(25)9-8-15(23-24)19(27)22-16-12-13(20)6-7-14(16)18(26)21-10-4-2/h6-9,12H,3-5,10-11H2,1-2H3,(H,21,26)(H,22,27). The third kappa shape index (κ3) is 5.65. The normalized spacial score (nSPS) is 10.5. The molecule has 1 aromatic carbocycles. The Labute approximate surface area is 162 Å². The highest BCUT2D eigenvalue weighted by molar-refractivity contribution is 6.31. The summed E-state index contributed by atoms with van der Waals surface area (Å²) in [6.07, 6.45) is 2.49. The lowest BCUT2D eigenvalue weighted by molar-refractivity contribution is 0.0954. The Morgan fingerprint density at radius 1 is 1.11 bits per heavy atom. The first-order valence-corrected chi connectivity index (χ1v) is 9.31. The number of nitrogens with zero attached hydrogens (tertiary/aromatic N) is 2. The molecule has 0 bridgehead atoms. The molecule has 0 unspecified atom stereocenters. The molecular weight excluding hydrogens is 368 g/mol. The summed E-state index contributed by atoms with van der Waals surface area (Å²) in [6, 6.07) is 7.32. The predicted molar refractivity (Wildman–Crippen MR) is 105 cm³/mol. The third-order valence-electron chi connectivity index (χ3n) is 3.83. The van der Waals surface area contributed by atoms with Gasteiger partial charge in [-0.15, -0.1) is 0 Å². The van der Waals surface area contributed by atoms with Crippen molar-refractivity contribution in [3.8, 4) is 0 Å². The first kappa shape index (κ1) is 20.6. The first-order valence-electron chi connectivity index (χ1n) is 8.93. The Kier molecular flexibility index (Phi) is 7.55. The van der Waals surface area contributed by atoms with Gasteiger partial charge in [0.25, 0.3) is 17.4 Å². The van der Waals surface area contributed by atoms with Crippen LogP contribution in [0.1, 0.15) is 54.0 Å². The molecule has 7 nitrogen and oxygen atoms in total. The van der Waals surface area contributed by atoms with E-state index < -0.39 is 5.91 Å². The molecular formula is C19H23ClN4O3. The van der Waals surface area contributed by atoms with Crippen molar-refractivity contribution in [2.75, 3.05) is 11.9 Å². The molecule has 0 saturated heterocycles. The largest absolute Gasteiger partial charge is 0.352 e. The maximum Gasteiger partial charge on any atom is 0.276 e. The van der Waals surface area contributed by atoms with Crippen LogP contribution in [0, 0.1) is 0 Å². The molecule has 2 N–H and O–H groups in total. The zero-order valence-electron chi connectivity index (χ0n) is 15.4. The Balaban J connectivity index is 2.26. The second-order valence-corrected chi connectivity index (χ2v) is 6.47. The summed E-state index contributed by atoms with van der Waals surface area (Å²) in [4.78, 5) is 36.7. The number of unbranched alkanes of at least 4 members (excludes halogenated alkanes) is 1. The fourth-order valence-corrected chi connectivity index (χ4v) is 2.55. The lowest BCUT2D eigenvalue weighted by Gasteiger charge is -2.12. The van der Waals surface area contributed by atoms with E-state index in [4.69, 9.17) is 11.6 Å². The number of anilines is 1. The maximum atomic E-state index is 12.6. The van der Waals surface area contributed by atoms with Crippen LogP contribution >= 0.6 is 11.6 Å². The van der Waals surface area contributed by atoms with Crippen LogP contribution in [-0.2, 0) is 6.54 Å². The van der Waals surface area contributed by atoms with E-state index in [2.05, 4.69) is 15.7 Å². The van der Waals surface area contributed by atoms with Crippen LogP contribution in [0.25, 0.3) is 0 Å². The minimum Gasteiger partial charge on any atom is -0.352 e. The van der Waals surface area contributed by atoms with Crippen molar-refractivity contribution in [2.24, 2.45) is 0 Å². The van der Waals surface area contributed by atoms with Crippen molar-refractivity contribution in [2.45, 2.75) is 39.7 Å². The van der Waals surface area contributed by atoms with Gasteiger partial charge >= 0.3 is 0 Å². The predicted octanol–water partition coefficient (Wildman–Crippen LogP) is 3.09.